The number of benzene rings is 1. The van der Waals surface area contributed by atoms with Crippen molar-refractivity contribution in [1.82, 2.24) is 9.80 Å². The SMILES string of the molecule is Cc1ccc(OCC(=O)N2CCCN(C(=O)C3CCCC3)CC2)cc1. The fraction of sp³-hybridized carbons (Fsp3) is 0.600. The van der Waals surface area contributed by atoms with Crippen LogP contribution in [0.5, 0.6) is 5.75 Å². The summed E-state index contributed by atoms with van der Waals surface area (Å²) in [6.07, 6.45) is 5.25. The highest BCUT2D eigenvalue weighted by Crippen LogP contribution is 2.27. The van der Waals surface area contributed by atoms with Crippen LogP contribution in [-0.4, -0.2) is 54.4 Å². The number of rotatable bonds is 4. The van der Waals surface area contributed by atoms with Crippen molar-refractivity contribution in [3.63, 3.8) is 0 Å². The van der Waals surface area contributed by atoms with Gasteiger partial charge in [0.15, 0.2) is 6.61 Å². The fourth-order valence-corrected chi connectivity index (χ4v) is 3.69. The standard InChI is InChI=1S/C20H28N2O3/c1-16-7-9-18(10-8-16)25-15-19(23)21-11-4-12-22(14-13-21)20(24)17-5-2-3-6-17/h7-10,17H,2-6,11-15H2,1H3. The van der Waals surface area contributed by atoms with Crippen LogP contribution in [0.2, 0.25) is 0 Å². The minimum absolute atomic E-state index is 0.00394. The van der Waals surface area contributed by atoms with Gasteiger partial charge in [0.1, 0.15) is 5.75 Å². The third kappa shape index (κ3) is 4.74. The summed E-state index contributed by atoms with van der Waals surface area (Å²) in [5.41, 5.74) is 1.17. The van der Waals surface area contributed by atoms with Crippen LogP contribution in [0.4, 0.5) is 0 Å². The number of amides is 2. The Morgan fingerprint density at radius 2 is 1.60 bits per heavy atom. The Hall–Kier alpha value is -2.04. The summed E-state index contributed by atoms with van der Waals surface area (Å²) in [4.78, 5) is 28.8. The summed E-state index contributed by atoms with van der Waals surface area (Å²) in [5, 5.41) is 0. The van der Waals surface area contributed by atoms with E-state index in [0.717, 1.165) is 25.8 Å². The normalized spacial score (nSPS) is 18.9. The first-order chi connectivity index (χ1) is 12.1. The van der Waals surface area contributed by atoms with Crippen LogP contribution in [0.1, 0.15) is 37.7 Å². The van der Waals surface area contributed by atoms with Gasteiger partial charge < -0.3 is 14.5 Å². The molecule has 1 saturated carbocycles. The van der Waals surface area contributed by atoms with Crippen molar-refractivity contribution in [2.45, 2.75) is 39.0 Å². The molecule has 0 N–H and O–H groups in total. The van der Waals surface area contributed by atoms with Crippen molar-refractivity contribution in [3.8, 4) is 5.75 Å². The molecule has 25 heavy (non-hydrogen) atoms. The second kappa shape index (κ2) is 8.37. The van der Waals surface area contributed by atoms with E-state index in [-0.39, 0.29) is 18.4 Å². The lowest BCUT2D eigenvalue weighted by Crippen LogP contribution is -2.40. The van der Waals surface area contributed by atoms with Gasteiger partial charge in [-0.3, -0.25) is 9.59 Å². The molecule has 1 aromatic rings. The smallest absolute Gasteiger partial charge is 0.260 e. The van der Waals surface area contributed by atoms with Crippen molar-refractivity contribution in [1.29, 1.82) is 0 Å². The Balaban J connectivity index is 1.47. The van der Waals surface area contributed by atoms with Crippen molar-refractivity contribution in [3.05, 3.63) is 29.8 Å². The average molecular weight is 344 g/mol. The van der Waals surface area contributed by atoms with E-state index < -0.39 is 0 Å². The van der Waals surface area contributed by atoms with Gasteiger partial charge in [0.05, 0.1) is 0 Å². The average Bonchev–Trinajstić information content (AvgIpc) is 3.05. The van der Waals surface area contributed by atoms with Crippen molar-refractivity contribution in [2.24, 2.45) is 5.92 Å². The molecule has 1 heterocycles. The van der Waals surface area contributed by atoms with Crippen LogP contribution in [0.3, 0.4) is 0 Å². The van der Waals surface area contributed by atoms with Crippen LogP contribution in [0.15, 0.2) is 24.3 Å². The molecule has 0 spiro atoms. The van der Waals surface area contributed by atoms with E-state index in [4.69, 9.17) is 4.74 Å². The third-order valence-corrected chi connectivity index (χ3v) is 5.25. The van der Waals surface area contributed by atoms with Gasteiger partial charge in [0.2, 0.25) is 5.91 Å². The molecular formula is C20H28N2O3. The van der Waals surface area contributed by atoms with Crippen molar-refractivity contribution in [2.75, 3.05) is 32.8 Å². The molecule has 2 fully saturated rings. The zero-order chi connectivity index (χ0) is 17.6. The van der Waals surface area contributed by atoms with Crippen LogP contribution in [0.25, 0.3) is 0 Å². The van der Waals surface area contributed by atoms with Crippen LogP contribution in [-0.2, 0) is 9.59 Å². The molecule has 2 amide bonds. The molecule has 0 atom stereocenters. The Morgan fingerprint density at radius 3 is 2.32 bits per heavy atom. The molecule has 0 aromatic heterocycles. The maximum absolute atomic E-state index is 12.6. The number of ether oxygens (including phenoxy) is 1. The van der Waals surface area contributed by atoms with E-state index in [2.05, 4.69) is 0 Å². The van der Waals surface area contributed by atoms with Crippen molar-refractivity contribution >= 4 is 11.8 Å². The Kier molecular flexibility index (Phi) is 5.95. The Morgan fingerprint density at radius 1 is 0.960 bits per heavy atom. The van der Waals surface area contributed by atoms with E-state index in [0.29, 0.717) is 31.3 Å². The highest BCUT2D eigenvalue weighted by Gasteiger charge is 2.29. The topological polar surface area (TPSA) is 49.9 Å². The summed E-state index contributed by atoms with van der Waals surface area (Å²) >= 11 is 0. The van der Waals surface area contributed by atoms with E-state index in [1.807, 2.05) is 41.0 Å². The highest BCUT2D eigenvalue weighted by atomic mass is 16.5. The molecule has 0 unspecified atom stereocenters. The maximum Gasteiger partial charge on any atom is 0.260 e. The van der Waals surface area contributed by atoms with E-state index in [1.54, 1.807) is 0 Å². The second-order valence-corrected chi connectivity index (χ2v) is 7.14. The lowest BCUT2D eigenvalue weighted by atomic mass is 10.1. The molecule has 2 aliphatic rings. The molecule has 0 bridgehead atoms. The summed E-state index contributed by atoms with van der Waals surface area (Å²) in [6, 6.07) is 7.70. The minimum Gasteiger partial charge on any atom is -0.484 e. The lowest BCUT2D eigenvalue weighted by molar-refractivity contribution is -0.136. The first-order valence-corrected chi connectivity index (χ1v) is 9.39. The molecule has 136 valence electrons. The number of hydrogen-bond acceptors (Lipinski definition) is 3. The van der Waals surface area contributed by atoms with Gasteiger partial charge in [0.25, 0.3) is 5.91 Å². The predicted molar refractivity (Wildman–Crippen MR) is 96.4 cm³/mol. The summed E-state index contributed by atoms with van der Waals surface area (Å²) in [6.45, 7) is 4.78. The summed E-state index contributed by atoms with van der Waals surface area (Å²) in [7, 11) is 0. The van der Waals surface area contributed by atoms with Gasteiger partial charge in [-0.25, -0.2) is 0 Å². The molecule has 1 aliphatic carbocycles. The first-order valence-electron chi connectivity index (χ1n) is 9.39. The predicted octanol–water partition coefficient (Wildman–Crippen LogP) is 2.62. The molecule has 1 saturated heterocycles. The maximum atomic E-state index is 12.6. The van der Waals surface area contributed by atoms with E-state index in [1.165, 1.54) is 18.4 Å². The fourth-order valence-electron chi connectivity index (χ4n) is 3.69. The minimum atomic E-state index is -0.00394. The molecule has 5 nitrogen and oxygen atoms in total. The number of carbonyl (C=O) groups is 2. The Bertz CT molecular complexity index is 593. The third-order valence-electron chi connectivity index (χ3n) is 5.25. The van der Waals surface area contributed by atoms with E-state index in [9.17, 15) is 9.59 Å². The van der Waals surface area contributed by atoms with Gasteiger partial charge in [-0.2, -0.15) is 0 Å². The van der Waals surface area contributed by atoms with Crippen molar-refractivity contribution < 1.29 is 14.3 Å². The molecular weight excluding hydrogens is 316 g/mol. The quantitative estimate of drug-likeness (QED) is 0.844. The molecule has 3 rings (SSSR count). The first kappa shape index (κ1) is 17.8. The number of aryl methyl sites for hydroxylation is 1. The summed E-state index contributed by atoms with van der Waals surface area (Å²) in [5.74, 6) is 1.22. The number of nitrogens with zero attached hydrogens (tertiary/aromatic N) is 2. The Labute approximate surface area is 149 Å². The largest absolute Gasteiger partial charge is 0.484 e. The highest BCUT2D eigenvalue weighted by molar-refractivity contribution is 5.80. The summed E-state index contributed by atoms with van der Waals surface area (Å²) < 4.78 is 5.60. The van der Waals surface area contributed by atoms with Gasteiger partial charge in [-0.05, 0) is 38.3 Å². The number of carbonyl (C=O) groups excluding carboxylic acids is 2. The van der Waals surface area contributed by atoms with Gasteiger partial charge in [-0.1, -0.05) is 30.5 Å². The van der Waals surface area contributed by atoms with Gasteiger partial charge in [0, 0.05) is 32.1 Å². The second-order valence-electron chi connectivity index (χ2n) is 7.14. The van der Waals surface area contributed by atoms with Crippen LogP contribution < -0.4 is 4.74 Å². The molecule has 0 radical (unpaired) electrons. The van der Waals surface area contributed by atoms with Crippen LogP contribution >= 0.6 is 0 Å². The molecule has 1 aliphatic heterocycles. The van der Waals surface area contributed by atoms with Gasteiger partial charge in [-0.15, -0.1) is 0 Å². The zero-order valence-electron chi connectivity index (χ0n) is 15.1. The zero-order valence-corrected chi connectivity index (χ0v) is 15.1. The molecule has 5 heteroatoms. The lowest BCUT2D eigenvalue weighted by Gasteiger charge is -2.24. The molecule has 1 aromatic carbocycles. The monoisotopic (exact) mass is 344 g/mol. The van der Waals surface area contributed by atoms with Gasteiger partial charge >= 0.3 is 0 Å². The van der Waals surface area contributed by atoms with E-state index >= 15 is 0 Å². The number of hydrogen-bond donors (Lipinski definition) is 0. The van der Waals surface area contributed by atoms with Crippen LogP contribution in [0, 0.1) is 12.8 Å².